The molecule has 1 N–H and O–H groups in total. The van der Waals surface area contributed by atoms with Crippen molar-refractivity contribution in [3.8, 4) is 0 Å². The van der Waals surface area contributed by atoms with E-state index in [0.717, 1.165) is 17.6 Å². The molecule has 2 nitrogen and oxygen atoms in total. The fourth-order valence-electron chi connectivity index (χ4n) is 2.04. The summed E-state index contributed by atoms with van der Waals surface area (Å²) in [6.45, 7) is 4.50. The maximum Gasteiger partial charge on any atom is 0.0953 e. The van der Waals surface area contributed by atoms with Gasteiger partial charge in [0.2, 0.25) is 0 Å². The van der Waals surface area contributed by atoms with Gasteiger partial charge in [0.1, 0.15) is 0 Å². The summed E-state index contributed by atoms with van der Waals surface area (Å²) in [6.07, 6.45) is 0.0788. The summed E-state index contributed by atoms with van der Waals surface area (Å²) in [5, 5.41) is 3.36. The van der Waals surface area contributed by atoms with Crippen molar-refractivity contribution >= 4 is 15.9 Å². The molecule has 0 amide bonds. The molecule has 0 heterocycles. The summed E-state index contributed by atoms with van der Waals surface area (Å²) in [5.41, 5.74) is 2.39. The molecule has 0 radical (unpaired) electrons. The topological polar surface area (TPSA) is 21.3 Å². The highest BCUT2D eigenvalue weighted by Gasteiger charge is 2.11. The maximum atomic E-state index is 6.09. The van der Waals surface area contributed by atoms with Crippen molar-refractivity contribution in [3.63, 3.8) is 0 Å². The van der Waals surface area contributed by atoms with Gasteiger partial charge in [0.05, 0.1) is 12.7 Å². The van der Waals surface area contributed by atoms with E-state index in [-0.39, 0.29) is 6.10 Å². The average Bonchev–Trinajstić information content (AvgIpc) is 2.48. The molecule has 20 heavy (non-hydrogen) atoms. The van der Waals surface area contributed by atoms with E-state index in [1.54, 1.807) is 0 Å². The average molecular weight is 334 g/mol. The number of likely N-dealkylation sites (N-methyl/N-ethyl adjacent to an activating group) is 1. The van der Waals surface area contributed by atoms with E-state index in [0.29, 0.717) is 6.61 Å². The molecule has 0 aromatic heterocycles. The van der Waals surface area contributed by atoms with Crippen molar-refractivity contribution < 1.29 is 4.74 Å². The fraction of sp³-hybridized carbons (Fsp3) is 0.294. The van der Waals surface area contributed by atoms with Crippen LogP contribution in [0, 0.1) is 0 Å². The van der Waals surface area contributed by atoms with Gasteiger partial charge in [-0.25, -0.2) is 0 Å². The fourth-order valence-corrected chi connectivity index (χ4v) is 2.49. The van der Waals surface area contributed by atoms with Crippen molar-refractivity contribution in [2.24, 2.45) is 0 Å². The normalized spacial score (nSPS) is 12.3. The summed E-state index contributed by atoms with van der Waals surface area (Å²) in [5.74, 6) is 0. The maximum absolute atomic E-state index is 6.09. The quantitative estimate of drug-likeness (QED) is 0.814. The van der Waals surface area contributed by atoms with Crippen molar-refractivity contribution in [1.29, 1.82) is 0 Å². The summed E-state index contributed by atoms with van der Waals surface area (Å²) in [4.78, 5) is 0. The molecule has 0 aliphatic heterocycles. The van der Waals surface area contributed by atoms with Gasteiger partial charge in [0.25, 0.3) is 0 Å². The van der Waals surface area contributed by atoms with E-state index >= 15 is 0 Å². The Balaban J connectivity index is 2.01. The Hall–Kier alpha value is -1.16. The first kappa shape index (κ1) is 15.2. The van der Waals surface area contributed by atoms with Gasteiger partial charge < -0.3 is 10.1 Å². The molecule has 106 valence electrons. The summed E-state index contributed by atoms with van der Waals surface area (Å²) < 4.78 is 7.17. The zero-order chi connectivity index (χ0) is 14.2. The van der Waals surface area contributed by atoms with Gasteiger partial charge in [-0.1, -0.05) is 65.3 Å². The molecule has 0 fully saturated rings. The van der Waals surface area contributed by atoms with E-state index in [1.165, 1.54) is 11.1 Å². The molecule has 0 spiro atoms. The predicted molar refractivity (Wildman–Crippen MR) is 86.7 cm³/mol. The summed E-state index contributed by atoms with van der Waals surface area (Å²) in [7, 11) is 0. The van der Waals surface area contributed by atoms with Gasteiger partial charge in [-0.05, 0) is 29.8 Å². The molecule has 2 aromatic rings. The van der Waals surface area contributed by atoms with Crippen LogP contribution in [0.1, 0.15) is 24.2 Å². The molecule has 0 aliphatic rings. The lowest BCUT2D eigenvalue weighted by Crippen LogP contribution is -2.23. The van der Waals surface area contributed by atoms with Crippen LogP contribution in [-0.4, -0.2) is 13.1 Å². The SMILES string of the molecule is CCNCC(OCc1cccc(Br)c1)c1ccccc1. The molecular weight excluding hydrogens is 314 g/mol. The van der Waals surface area contributed by atoms with Gasteiger partial charge in [0.15, 0.2) is 0 Å². The molecule has 1 unspecified atom stereocenters. The molecule has 0 saturated carbocycles. The molecule has 2 rings (SSSR count). The minimum atomic E-state index is 0.0788. The number of hydrogen-bond donors (Lipinski definition) is 1. The van der Waals surface area contributed by atoms with Crippen LogP contribution >= 0.6 is 15.9 Å². The van der Waals surface area contributed by atoms with Crippen LogP contribution in [0.15, 0.2) is 59.1 Å². The molecule has 3 heteroatoms. The third kappa shape index (κ3) is 4.75. The summed E-state index contributed by atoms with van der Waals surface area (Å²) in [6, 6.07) is 18.6. The Labute approximate surface area is 129 Å². The Bertz CT molecular complexity index is 515. The Morgan fingerprint density at radius 2 is 1.90 bits per heavy atom. The Morgan fingerprint density at radius 3 is 2.60 bits per heavy atom. The van der Waals surface area contributed by atoms with Crippen molar-refractivity contribution in [1.82, 2.24) is 5.32 Å². The first-order chi connectivity index (χ1) is 9.79. The summed E-state index contributed by atoms with van der Waals surface area (Å²) >= 11 is 3.49. The van der Waals surface area contributed by atoms with E-state index in [4.69, 9.17) is 4.74 Å². The lowest BCUT2D eigenvalue weighted by molar-refractivity contribution is 0.0401. The molecule has 0 saturated heterocycles. The Kier molecular flexibility index (Phi) is 6.25. The lowest BCUT2D eigenvalue weighted by Gasteiger charge is -2.19. The number of nitrogens with one attached hydrogen (secondary N) is 1. The third-order valence-electron chi connectivity index (χ3n) is 3.09. The van der Waals surface area contributed by atoms with Crippen LogP contribution in [-0.2, 0) is 11.3 Å². The van der Waals surface area contributed by atoms with Crippen LogP contribution < -0.4 is 5.32 Å². The highest BCUT2D eigenvalue weighted by atomic mass is 79.9. The van der Waals surface area contributed by atoms with Crippen molar-refractivity contribution in [3.05, 3.63) is 70.2 Å². The second-order valence-corrected chi connectivity index (χ2v) is 5.56. The monoisotopic (exact) mass is 333 g/mol. The van der Waals surface area contributed by atoms with Gasteiger partial charge in [0, 0.05) is 11.0 Å². The van der Waals surface area contributed by atoms with E-state index in [2.05, 4.69) is 64.6 Å². The predicted octanol–water partition coefficient (Wildman–Crippen LogP) is 4.32. The van der Waals surface area contributed by atoms with Gasteiger partial charge in [-0.2, -0.15) is 0 Å². The molecule has 2 aromatic carbocycles. The van der Waals surface area contributed by atoms with E-state index < -0.39 is 0 Å². The van der Waals surface area contributed by atoms with Crippen LogP contribution in [0.4, 0.5) is 0 Å². The molecule has 0 bridgehead atoms. The zero-order valence-corrected chi connectivity index (χ0v) is 13.3. The largest absolute Gasteiger partial charge is 0.368 e. The molecule has 1 atom stereocenters. The van der Waals surface area contributed by atoms with Crippen LogP contribution in [0.3, 0.4) is 0 Å². The van der Waals surface area contributed by atoms with Crippen LogP contribution in [0.25, 0.3) is 0 Å². The Morgan fingerprint density at radius 1 is 1.10 bits per heavy atom. The zero-order valence-electron chi connectivity index (χ0n) is 11.7. The first-order valence-corrected chi connectivity index (χ1v) is 7.70. The van der Waals surface area contributed by atoms with Crippen LogP contribution in [0.2, 0.25) is 0 Å². The highest BCUT2D eigenvalue weighted by molar-refractivity contribution is 9.10. The van der Waals surface area contributed by atoms with Crippen molar-refractivity contribution in [2.75, 3.05) is 13.1 Å². The highest BCUT2D eigenvalue weighted by Crippen LogP contribution is 2.19. The lowest BCUT2D eigenvalue weighted by atomic mass is 10.1. The number of ether oxygens (including phenoxy) is 1. The number of halogens is 1. The van der Waals surface area contributed by atoms with Gasteiger partial charge >= 0.3 is 0 Å². The second kappa shape index (κ2) is 8.20. The first-order valence-electron chi connectivity index (χ1n) is 6.91. The minimum absolute atomic E-state index is 0.0788. The molecular formula is C17H20BrNO. The van der Waals surface area contributed by atoms with Crippen LogP contribution in [0.5, 0.6) is 0 Å². The van der Waals surface area contributed by atoms with Gasteiger partial charge in [-0.3, -0.25) is 0 Å². The number of benzene rings is 2. The van der Waals surface area contributed by atoms with Crippen molar-refractivity contribution in [2.45, 2.75) is 19.6 Å². The standard InChI is InChI=1S/C17H20BrNO/c1-2-19-12-17(15-8-4-3-5-9-15)20-13-14-7-6-10-16(18)11-14/h3-11,17,19H,2,12-13H2,1H3. The second-order valence-electron chi connectivity index (χ2n) is 4.65. The van der Waals surface area contributed by atoms with Gasteiger partial charge in [-0.15, -0.1) is 0 Å². The third-order valence-corrected chi connectivity index (χ3v) is 3.58. The molecule has 0 aliphatic carbocycles. The van der Waals surface area contributed by atoms with E-state index in [9.17, 15) is 0 Å². The number of hydrogen-bond acceptors (Lipinski definition) is 2. The number of rotatable bonds is 7. The van der Waals surface area contributed by atoms with E-state index in [1.807, 2.05) is 18.2 Å². The minimum Gasteiger partial charge on any atom is -0.368 e. The smallest absolute Gasteiger partial charge is 0.0953 e.